The predicted octanol–water partition coefficient (Wildman–Crippen LogP) is -1.24. The van der Waals surface area contributed by atoms with E-state index >= 15 is 0 Å². The molecule has 0 fully saturated rings. The maximum atomic E-state index is 11.3. The zero-order chi connectivity index (χ0) is 11.8. The molecule has 0 saturated carbocycles. The van der Waals surface area contributed by atoms with Gasteiger partial charge in [-0.1, -0.05) is 6.92 Å². The summed E-state index contributed by atoms with van der Waals surface area (Å²) in [5, 5.41) is 11.8. The van der Waals surface area contributed by atoms with Crippen LogP contribution in [0.1, 0.15) is 20.3 Å². The van der Waals surface area contributed by atoms with E-state index in [1.807, 2.05) is 0 Å². The third-order valence-electron chi connectivity index (χ3n) is 1.87. The lowest BCUT2D eigenvalue weighted by atomic mass is 10.2. The minimum absolute atomic E-state index is 0.0490. The number of esters is 1. The zero-order valence-electron chi connectivity index (χ0n) is 9.03. The highest BCUT2D eigenvalue weighted by molar-refractivity contribution is 5.79. The first-order valence-electron chi connectivity index (χ1n) is 4.90. The molecule has 0 aromatic heterocycles. The van der Waals surface area contributed by atoms with Gasteiger partial charge in [-0.3, -0.25) is 9.59 Å². The fourth-order valence-corrected chi connectivity index (χ4v) is 0.992. The molecule has 0 bridgehead atoms. The Morgan fingerprint density at radius 2 is 2.07 bits per heavy atom. The summed E-state index contributed by atoms with van der Waals surface area (Å²) in [5.41, 5.74) is 4.85. The lowest BCUT2D eigenvalue weighted by molar-refractivity contribution is -0.146. The summed E-state index contributed by atoms with van der Waals surface area (Å²) in [6.45, 7) is 3.76. The minimum Gasteiger partial charge on any atom is -0.465 e. The van der Waals surface area contributed by atoms with E-state index in [0.717, 1.165) is 0 Å². The fourth-order valence-electron chi connectivity index (χ4n) is 0.992. The van der Waals surface area contributed by atoms with Crippen LogP contribution >= 0.6 is 0 Å². The van der Waals surface area contributed by atoms with Gasteiger partial charge in [-0.05, 0) is 13.3 Å². The van der Waals surface area contributed by atoms with Crippen LogP contribution in [-0.2, 0) is 14.3 Å². The van der Waals surface area contributed by atoms with Crippen molar-refractivity contribution in [2.45, 2.75) is 32.4 Å². The Morgan fingerprint density at radius 3 is 2.47 bits per heavy atom. The molecule has 0 aromatic rings. The van der Waals surface area contributed by atoms with Crippen molar-refractivity contribution in [2.24, 2.45) is 5.73 Å². The number of hydrogen-bond acceptors (Lipinski definition) is 5. The van der Waals surface area contributed by atoms with Gasteiger partial charge in [-0.25, -0.2) is 0 Å². The number of nitrogens with one attached hydrogen (secondary N) is 1. The Kier molecular flexibility index (Phi) is 6.64. The molecule has 0 spiro atoms. The molecule has 0 radical (unpaired) electrons. The number of aliphatic hydroxyl groups is 1. The van der Waals surface area contributed by atoms with E-state index in [0.29, 0.717) is 13.0 Å². The molecule has 0 saturated heterocycles. The highest BCUT2D eigenvalue weighted by Gasteiger charge is 2.19. The number of carbonyl (C=O) groups is 2. The number of rotatable bonds is 7. The fraction of sp³-hybridized carbons (Fsp3) is 0.778. The summed E-state index contributed by atoms with van der Waals surface area (Å²) >= 11 is 0. The average Bonchev–Trinajstić information content (AvgIpc) is 2.18. The molecule has 6 nitrogen and oxygen atoms in total. The largest absolute Gasteiger partial charge is 0.465 e. The first kappa shape index (κ1) is 13.9. The second-order valence-electron chi connectivity index (χ2n) is 3.04. The van der Waals surface area contributed by atoms with Crippen LogP contribution < -0.4 is 11.1 Å². The maximum Gasteiger partial charge on any atom is 0.323 e. The average molecular weight is 218 g/mol. The van der Waals surface area contributed by atoms with E-state index in [4.69, 9.17) is 15.6 Å². The molecule has 0 aliphatic rings. The highest BCUT2D eigenvalue weighted by atomic mass is 16.5. The van der Waals surface area contributed by atoms with Crippen molar-refractivity contribution < 1.29 is 19.4 Å². The Labute approximate surface area is 88.8 Å². The van der Waals surface area contributed by atoms with E-state index in [1.54, 1.807) is 13.8 Å². The number of amides is 1. The van der Waals surface area contributed by atoms with Gasteiger partial charge in [0.15, 0.2) is 0 Å². The quantitative estimate of drug-likeness (QED) is 0.464. The third-order valence-corrected chi connectivity index (χ3v) is 1.87. The second kappa shape index (κ2) is 7.19. The van der Waals surface area contributed by atoms with Crippen molar-refractivity contribution >= 4 is 11.9 Å². The SMILES string of the molecule is CCOC(=O)C(CC)NCC(O)C(N)=O. The molecule has 0 aliphatic heterocycles. The van der Waals surface area contributed by atoms with Crippen LogP contribution in [0.2, 0.25) is 0 Å². The van der Waals surface area contributed by atoms with E-state index in [1.165, 1.54) is 0 Å². The molecule has 0 heterocycles. The Morgan fingerprint density at radius 1 is 1.47 bits per heavy atom. The monoisotopic (exact) mass is 218 g/mol. The number of ether oxygens (including phenoxy) is 1. The molecule has 2 unspecified atom stereocenters. The van der Waals surface area contributed by atoms with Crippen molar-refractivity contribution in [2.75, 3.05) is 13.2 Å². The van der Waals surface area contributed by atoms with Gasteiger partial charge in [-0.2, -0.15) is 0 Å². The summed E-state index contributed by atoms with van der Waals surface area (Å²) < 4.78 is 4.79. The second-order valence-corrected chi connectivity index (χ2v) is 3.04. The highest BCUT2D eigenvalue weighted by Crippen LogP contribution is 1.95. The van der Waals surface area contributed by atoms with Crippen molar-refractivity contribution in [3.63, 3.8) is 0 Å². The zero-order valence-corrected chi connectivity index (χ0v) is 9.03. The van der Waals surface area contributed by atoms with Gasteiger partial charge in [0.1, 0.15) is 12.1 Å². The van der Waals surface area contributed by atoms with Gasteiger partial charge in [0.25, 0.3) is 0 Å². The van der Waals surface area contributed by atoms with E-state index in [2.05, 4.69) is 5.32 Å². The smallest absolute Gasteiger partial charge is 0.323 e. The summed E-state index contributed by atoms with van der Waals surface area (Å²) in [6.07, 6.45) is -0.766. The molecule has 0 rings (SSSR count). The van der Waals surface area contributed by atoms with Gasteiger partial charge in [0.05, 0.1) is 6.61 Å². The van der Waals surface area contributed by atoms with E-state index < -0.39 is 24.0 Å². The van der Waals surface area contributed by atoms with Crippen molar-refractivity contribution in [1.82, 2.24) is 5.32 Å². The van der Waals surface area contributed by atoms with Crippen LogP contribution in [0.5, 0.6) is 0 Å². The molecule has 0 aliphatic carbocycles. The molecule has 1 amide bonds. The molecule has 0 aromatic carbocycles. The third kappa shape index (κ3) is 5.34. The summed E-state index contributed by atoms with van der Waals surface area (Å²) in [6, 6.07) is -0.515. The number of hydrogen-bond donors (Lipinski definition) is 3. The van der Waals surface area contributed by atoms with Crippen LogP contribution in [0.25, 0.3) is 0 Å². The minimum atomic E-state index is -1.28. The van der Waals surface area contributed by atoms with Crippen LogP contribution in [0, 0.1) is 0 Å². The molecule has 4 N–H and O–H groups in total. The van der Waals surface area contributed by atoms with Crippen molar-refractivity contribution in [1.29, 1.82) is 0 Å². The van der Waals surface area contributed by atoms with E-state index in [9.17, 15) is 9.59 Å². The van der Waals surface area contributed by atoms with Gasteiger partial charge in [0, 0.05) is 6.54 Å². The van der Waals surface area contributed by atoms with Gasteiger partial charge in [0.2, 0.25) is 5.91 Å². The standard InChI is InChI=1S/C9H18N2O4/c1-3-6(9(14)15-4-2)11-5-7(12)8(10)13/h6-7,11-12H,3-5H2,1-2H3,(H2,10,13). The molecule has 6 heteroatoms. The van der Waals surface area contributed by atoms with Crippen molar-refractivity contribution in [3.05, 3.63) is 0 Å². The maximum absolute atomic E-state index is 11.3. The topological polar surface area (TPSA) is 102 Å². The van der Waals surface area contributed by atoms with Crippen LogP contribution in [0.15, 0.2) is 0 Å². The lowest BCUT2D eigenvalue weighted by Gasteiger charge is -2.16. The molecular formula is C9H18N2O4. The Bertz CT molecular complexity index is 220. The van der Waals surface area contributed by atoms with E-state index in [-0.39, 0.29) is 6.54 Å². The number of primary amides is 1. The van der Waals surface area contributed by atoms with Gasteiger partial charge in [-0.15, -0.1) is 0 Å². The van der Waals surface area contributed by atoms with Gasteiger partial charge < -0.3 is 20.9 Å². The molecule has 2 atom stereocenters. The van der Waals surface area contributed by atoms with Crippen LogP contribution in [-0.4, -0.2) is 42.3 Å². The molecule has 15 heavy (non-hydrogen) atoms. The summed E-state index contributed by atoms with van der Waals surface area (Å²) in [7, 11) is 0. The predicted molar refractivity (Wildman–Crippen MR) is 53.9 cm³/mol. The Hall–Kier alpha value is -1.14. The number of carbonyl (C=O) groups excluding carboxylic acids is 2. The molecule has 88 valence electrons. The first-order valence-corrected chi connectivity index (χ1v) is 4.90. The van der Waals surface area contributed by atoms with Crippen molar-refractivity contribution in [3.8, 4) is 0 Å². The summed E-state index contributed by atoms with van der Waals surface area (Å²) in [5.74, 6) is -1.21. The number of nitrogens with two attached hydrogens (primary N) is 1. The van der Waals surface area contributed by atoms with Gasteiger partial charge >= 0.3 is 5.97 Å². The van der Waals surface area contributed by atoms with Crippen LogP contribution in [0.4, 0.5) is 0 Å². The first-order chi connectivity index (χ1) is 7.02. The molecular weight excluding hydrogens is 200 g/mol. The lowest BCUT2D eigenvalue weighted by Crippen LogP contribution is -2.45. The Balaban J connectivity index is 3.99. The summed E-state index contributed by atoms with van der Waals surface area (Å²) in [4.78, 5) is 21.8. The van der Waals surface area contributed by atoms with Crippen LogP contribution in [0.3, 0.4) is 0 Å². The normalized spacial score (nSPS) is 14.3. The number of aliphatic hydroxyl groups excluding tert-OH is 1.